The molecule has 1 heterocycles. The summed E-state index contributed by atoms with van der Waals surface area (Å²) in [5.41, 5.74) is 9.93. The van der Waals surface area contributed by atoms with Gasteiger partial charge in [-0.15, -0.1) is 0 Å². The molecule has 1 aliphatic heterocycles. The minimum absolute atomic E-state index is 0.731. The zero-order valence-electron chi connectivity index (χ0n) is 9.66. The lowest BCUT2D eigenvalue weighted by Gasteiger charge is -2.39. The molecule has 1 aromatic rings. The van der Waals surface area contributed by atoms with Crippen molar-refractivity contribution in [2.45, 2.75) is 20.4 Å². The molecule has 0 unspecified atom stereocenters. The summed E-state index contributed by atoms with van der Waals surface area (Å²) in [7, 11) is 0. The minimum atomic E-state index is 0.731. The number of hydrogen-bond donors (Lipinski definition) is 1. The number of nitrogens with two attached hydrogens (primary N) is 1. The number of rotatable bonds is 3. The summed E-state index contributed by atoms with van der Waals surface area (Å²) >= 11 is 0. The van der Waals surface area contributed by atoms with E-state index in [1.165, 1.54) is 29.8 Å². The van der Waals surface area contributed by atoms with Gasteiger partial charge in [0, 0.05) is 19.6 Å². The number of likely N-dealkylation sites (tertiary alicyclic amines) is 1. The zero-order chi connectivity index (χ0) is 10.8. The fraction of sp³-hybridized carbons (Fsp3) is 0.538. The van der Waals surface area contributed by atoms with Crippen LogP contribution in [-0.2, 0) is 6.54 Å². The predicted molar refractivity (Wildman–Crippen MR) is 63.7 cm³/mol. The number of hydrogen-bond acceptors (Lipinski definition) is 2. The Morgan fingerprint density at radius 2 is 1.87 bits per heavy atom. The van der Waals surface area contributed by atoms with Crippen molar-refractivity contribution in [2.24, 2.45) is 11.7 Å². The Balaban J connectivity index is 2.00. The third-order valence-electron chi connectivity index (χ3n) is 3.39. The average molecular weight is 204 g/mol. The molecule has 1 aromatic carbocycles. The highest BCUT2D eigenvalue weighted by Gasteiger charge is 2.25. The second-order valence-corrected chi connectivity index (χ2v) is 4.67. The molecular weight excluding hydrogens is 184 g/mol. The van der Waals surface area contributed by atoms with Crippen LogP contribution in [0.15, 0.2) is 18.2 Å². The molecular formula is C13H20N2. The van der Waals surface area contributed by atoms with Crippen LogP contribution in [0.5, 0.6) is 0 Å². The van der Waals surface area contributed by atoms with Crippen molar-refractivity contribution >= 4 is 0 Å². The van der Waals surface area contributed by atoms with Gasteiger partial charge in [0.15, 0.2) is 0 Å². The van der Waals surface area contributed by atoms with E-state index in [9.17, 15) is 0 Å². The number of nitrogens with zero attached hydrogens (tertiary/aromatic N) is 1. The molecule has 15 heavy (non-hydrogen) atoms. The Hall–Kier alpha value is -0.860. The molecule has 0 aromatic heterocycles. The van der Waals surface area contributed by atoms with Gasteiger partial charge < -0.3 is 5.73 Å². The SMILES string of the molecule is Cc1cccc(C)c1CN1CC(CN)C1. The van der Waals surface area contributed by atoms with E-state index < -0.39 is 0 Å². The molecule has 0 radical (unpaired) electrons. The quantitative estimate of drug-likeness (QED) is 0.812. The smallest absolute Gasteiger partial charge is 0.0239 e. The van der Waals surface area contributed by atoms with E-state index in [1.54, 1.807) is 0 Å². The van der Waals surface area contributed by atoms with Gasteiger partial charge in [0.1, 0.15) is 0 Å². The molecule has 82 valence electrons. The van der Waals surface area contributed by atoms with Crippen molar-refractivity contribution in [1.82, 2.24) is 4.90 Å². The molecule has 0 bridgehead atoms. The third-order valence-corrected chi connectivity index (χ3v) is 3.39. The summed E-state index contributed by atoms with van der Waals surface area (Å²) in [6, 6.07) is 6.53. The molecule has 0 saturated carbocycles. The average Bonchev–Trinajstić information content (AvgIpc) is 2.14. The van der Waals surface area contributed by atoms with Gasteiger partial charge in [-0.2, -0.15) is 0 Å². The number of benzene rings is 1. The normalized spacial score (nSPS) is 17.8. The standard InChI is InChI=1S/C13H20N2/c1-10-4-3-5-11(2)13(10)9-15-7-12(6-14)8-15/h3-5,12H,6-9,14H2,1-2H3. The third kappa shape index (κ3) is 2.21. The van der Waals surface area contributed by atoms with Gasteiger partial charge in [-0.05, 0) is 43.0 Å². The second-order valence-electron chi connectivity index (χ2n) is 4.67. The van der Waals surface area contributed by atoms with Crippen LogP contribution in [0.3, 0.4) is 0 Å². The van der Waals surface area contributed by atoms with Crippen LogP contribution in [0.25, 0.3) is 0 Å². The summed E-state index contributed by atoms with van der Waals surface area (Å²) in [5, 5.41) is 0. The van der Waals surface area contributed by atoms with Crippen LogP contribution in [0.4, 0.5) is 0 Å². The first kappa shape index (κ1) is 10.7. The molecule has 2 N–H and O–H groups in total. The van der Waals surface area contributed by atoms with E-state index in [-0.39, 0.29) is 0 Å². The van der Waals surface area contributed by atoms with Crippen LogP contribution < -0.4 is 5.73 Å². The topological polar surface area (TPSA) is 29.3 Å². The molecule has 0 amide bonds. The largest absolute Gasteiger partial charge is 0.330 e. The highest BCUT2D eigenvalue weighted by Crippen LogP contribution is 2.21. The van der Waals surface area contributed by atoms with E-state index in [2.05, 4.69) is 36.9 Å². The lowest BCUT2D eigenvalue weighted by molar-refractivity contribution is 0.0975. The van der Waals surface area contributed by atoms with Crippen LogP contribution >= 0.6 is 0 Å². The van der Waals surface area contributed by atoms with Crippen molar-refractivity contribution in [3.05, 3.63) is 34.9 Å². The Labute approximate surface area is 92.1 Å². The molecule has 1 fully saturated rings. The molecule has 0 atom stereocenters. The molecule has 1 aliphatic rings. The summed E-state index contributed by atoms with van der Waals surface area (Å²) in [6.07, 6.45) is 0. The zero-order valence-corrected chi connectivity index (χ0v) is 9.66. The molecule has 1 saturated heterocycles. The Bertz CT molecular complexity index is 320. The van der Waals surface area contributed by atoms with E-state index in [1.807, 2.05) is 0 Å². The van der Waals surface area contributed by atoms with Crippen LogP contribution in [0, 0.1) is 19.8 Å². The van der Waals surface area contributed by atoms with Gasteiger partial charge in [-0.3, -0.25) is 4.90 Å². The summed E-state index contributed by atoms with van der Waals surface area (Å²) < 4.78 is 0. The molecule has 2 nitrogen and oxygen atoms in total. The van der Waals surface area contributed by atoms with Crippen molar-refractivity contribution in [3.8, 4) is 0 Å². The molecule has 0 aliphatic carbocycles. The van der Waals surface area contributed by atoms with Crippen LogP contribution in [-0.4, -0.2) is 24.5 Å². The maximum absolute atomic E-state index is 5.62. The van der Waals surface area contributed by atoms with Crippen molar-refractivity contribution in [1.29, 1.82) is 0 Å². The van der Waals surface area contributed by atoms with Gasteiger partial charge in [-0.25, -0.2) is 0 Å². The van der Waals surface area contributed by atoms with Crippen molar-refractivity contribution < 1.29 is 0 Å². The molecule has 0 spiro atoms. The van der Waals surface area contributed by atoms with E-state index in [0.29, 0.717) is 0 Å². The fourth-order valence-electron chi connectivity index (χ4n) is 2.28. The van der Waals surface area contributed by atoms with E-state index in [0.717, 1.165) is 19.0 Å². The fourth-order valence-corrected chi connectivity index (χ4v) is 2.28. The first-order valence-electron chi connectivity index (χ1n) is 5.68. The summed E-state index contributed by atoms with van der Waals surface area (Å²) in [4.78, 5) is 2.48. The van der Waals surface area contributed by atoms with Gasteiger partial charge in [0.25, 0.3) is 0 Å². The van der Waals surface area contributed by atoms with Crippen LogP contribution in [0.1, 0.15) is 16.7 Å². The lowest BCUT2D eigenvalue weighted by Crippen LogP contribution is -2.49. The first-order chi connectivity index (χ1) is 7.20. The van der Waals surface area contributed by atoms with Crippen molar-refractivity contribution in [2.75, 3.05) is 19.6 Å². The highest BCUT2D eigenvalue weighted by atomic mass is 15.2. The van der Waals surface area contributed by atoms with E-state index >= 15 is 0 Å². The Morgan fingerprint density at radius 1 is 1.27 bits per heavy atom. The highest BCUT2D eigenvalue weighted by molar-refractivity contribution is 5.33. The molecule has 2 heteroatoms. The second kappa shape index (κ2) is 4.33. The van der Waals surface area contributed by atoms with Gasteiger partial charge in [0.2, 0.25) is 0 Å². The van der Waals surface area contributed by atoms with Crippen LogP contribution in [0.2, 0.25) is 0 Å². The minimum Gasteiger partial charge on any atom is -0.330 e. The van der Waals surface area contributed by atoms with E-state index in [4.69, 9.17) is 5.73 Å². The maximum Gasteiger partial charge on any atom is 0.0239 e. The first-order valence-corrected chi connectivity index (χ1v) is 5.68. The predicted octanol–water partition coefficient (Wildman–Crippen LogP) is 1.69. The van der Waals surface area contributed by atoms with Crippen molar-refractivity contribution in [3.63, 3.8) is 0 Å². The van der Waals surface area contributed by atoms with Gasteiger partial charge in [0.05, 0.1) is 0 Å². The van der Waals surface area contributed by atoms with Gasteiger partial charge in [-0.1, -0.05) is 18.2 Å². The monoisotopic (exact) mass is 204 g/mol. The lowest BCUT2D eigenvalue weighted by atomic mass is 9.96. The number of aryl methyl sites for hydroxylation is 2. The summed E-state index contributed by atoms with van der Waals surface area (Å²) in [6.45, 7) is 8.66. The van der Waals surface area contributed by atoms with Gasteiger partial charge >= 0.3 is 0 Å². The summed E-state index contributed by atoms with van der Waals surface area (Å²) in [5.74, 6) is 0.731. The molecule has 2 rings (SSSR count). The Morgan fingerprint density at radius 3 is 2.40 bits per heavy atom. The Kier molecular flexibility index (Phi) is 3.08. The maximum atomic E-state index is 5.62.